The number of alkyl halides is 2. The fourth-order valence-electron chi connectivity index (χ4n) is 3.81. The summed E-state index contributed by atoms with van der Waals surface area (Å²) >= 11 is 0. The van der Waals surface area contributed by atoms with E-state index in [2.05, 4.69) is 23.9 Å². The number of hydrogen-bond donors (Lipinski definition) is 1. The fraction of sp³-hybridized carbons (Fsp3) is 0.647. The molecule has 3 atom stereocenters. The van der Waals surface area contributed by atoms with Crippen molar-refractivity contribution in [2.24, 2.45) is 17.8 Å². The Balaban J connectivity index is 2.09. The quantitative estimate of drug-likeness (QED) is 0.856. The standard InChI is InChI=1S/C17H25F2NO/c1-11-8-12(2)10-14(9-11)16(20-3)13-4-6-15(7-5-13)21-17(18)19/h4-7,11-12,14,16-17,20H,8-10H2,1-3H3. The van der Waals surface area contributed by atoms with Gasteiger partial charge in [-0.1, -0.05) is 26.0 Å². The van der Waals surface area contributed by atoms with Crippen molar-refractivity contribution in [1.82, 2.24) is 5.32 Å². The summed E-state index contributed by atoms with van der Waals surface area (Å²) in [5, 5.41) is 3.40. The lowest BCUT2D eigenvalue weighted by atomic mass is 9.72. The largest absolute Gasteiger partial charge is 0.435 e. The molecule has 1 saturated carbocycles. The van der Waals surface area contributed by atoms with Gasteiger partial charge in [0.2, 0.25) is 0 Å². The number of hydrogen-bond acceptors (Lipinski definition) is 2. The van der Waals surface area contributed by atoms with E-state index in [1.165, 1.54) is 19.3 Å². The van der Waals surface area contributed by atoms with E-state index in [9.17, 15) is 8.78 Å². The maximum absolute atomic E-state index is 12.2. The summed E-state index contributed by atoms with van der Waals surface area (Å²) < 4.78 is 28.8. The van der Waals surface area contributed by atoms with Crippen LogP contribution in [0.25, 0.3) is 0 Å². The number of halogens is 2. The van der Waals surface area contributed by atoms with Crippen LogP contribution in [0.3, 0.4) is 0 Å². The molecule has 1 N–H and O–H groups in total. The van der Waals surface area contributed by atoms with E-state index in [0.717, 1.165) is 17.4 Å². The van der Waals surface area contributed by atoms with Crippen molar-refractivity contribution in [3.05, 3.63) is 29.8 Å². The topological polar surface area (TPSA) is 21.3 Å². The lowest BCUT2D eigenvalue weighted by Gasteiger charge is -2.36. The molecule has 118 valence electrons. The number of rotatable bonds is 5. The molecular formula is C17H25F2NO. The van der Waals surface area contributed by atoms with Gasteiger partial charge in [-0.05, 0) is 61.8 Å². The molecule has 3 unspecified atom stereocenters. The van der Waals surface area contributed by atoms with E-state index < -0.39 is 6.61 Å². The van der Waals surface area contributed by atoms with Crippen LogP contribution in [-0.4, -0.2) is 13.7 Å². The first-order valence-corrected chi connectivity index (χ1v) is 7.71. The molecule has 0 spiro atoms. The van der Waals surface area contributed by atoms with E-state index in [0.29, 0.717) is 5.92 Å². The van der Waals surface area contributed by atoms with E-state index in [4.69, 9.17) is 0 Å². The third-order valence-electron chi connectivity index (χ3n) is 4.46. The zero-order valence-electron chi connectivity index (χ0n) is 13.0. The Bertz CT molecular complexity index is 425. The molecule has 0 bridgehead atoms. The Morgan fingerprint density at radius 3 is 2.10 bits per heavy atom. The number of ether oxygens (including phenoxy) is 1. The molecule has 1 aliphatic rings. The zero-order chi connectivity index (χ0) is 15.4. The van der Waals surface area contributed by atoms with Crippen molar-refractivity contribution in [3.8, 4) is 5.75 Å². The highest BCUT2D eigenvalue weighted by Crippen LogP contribution is 2.39. The highest BCUT2D eigenvalue weighted by molar-refractivity contribution is 5.29. The summed E-state index contributed by atoms with van der Waals surface area (Å²) in [6.07, 6.45) is 3.73. The first-order chi connectivity index (χ1) is 9.99. The third kappa shape index (κ3) is 4.40. The maximum atomic E-state index is 12.2. The van der Waals surface area contributed by atoms with Crippen LogP contribution in [0.1, 0.15) is 44.7 Å². The minimum atomic E-state index is -2.77. The Hall–Kier alpha value is -1.16. The van der Waals surface area contributed by atoms with Crippen molar-refractivity contribution in [2.75, 3.05) is 7.05 Å². The van der Waals surface area contributed by atoms with Gasteiger partial charge in [0.15, 0.2) is 0 Å². The van der Waals surface area contributed by atoms with Gasteiger partial charge in [-0.15, -0.1) is 0 Å². The molecular weight excluding hydrogens is 272 g/mol. The third-order valence-corrected chi connectivity index (χ3v) is 4.46. The van der Waals surface area contributed by atoms with Crippen LogP contribution in [0.2, 0.25) is 0 Å². The van der Waals surface area contributed by atoms with Gasteiger partial charge in [-0.2, -0.15) is 8.78 Å². The highest BCUT2D eigenvalue weighted by Gasteiger charge is 2.30. The van der Waals surface area contributed by atoms with E-state index in [1.54, 1.807) is 12.1 Å². The summed E-state index contributed by atoms with van der Waals surface area (Å²) in [5.41, 5.74) is 1.14. The Morgan fingerprint density at radius 1 is 1.05 bits per heavy atom. The smallest absolute Gasteiger partial charge is 0.387 e. The molecule has 1 aromatic rings. The number of benzene rings is 1. The second-order valence-corrected chi connectivity index (χ2v) is 6.39. The molecule has 0 saturated heterocycles. The summed E-state index contributed by atoms with van der Waals surface area (Å²) in [7, 11) is 1.97. The van der Waals surface area contributed by atoms with Crippen molar-refractivity contribution in [3.63, 3.8) is 0 Å². The Labute approximate surface area is 125 Å². The van der Waals surface area contributed by atoms with Crippen LogP contribution in [-0.2, 0) is 0 Å². The SMILES string of the molecule is CNC(c1ccc(OC(F)F)cc1)C1CC(C)CC(C)C1. The first-order valence-electron chi connectivity index (χ1n) is 7.71. The van der Waals surface area contributed by atoms with Gasteiger partial charge in [0, 0.05) is 6.04 Å². The van der Waals surface area contributed by atoms with Crippen LogP contribution in [0.5, 0.6) is 5.75 Å². The molecule has 0 heterocycles. The Kier molecular flexibility index (Phi) is 5.57. The van der Waals surface area contributed by atoms with E-state index >= 15 is 0 Å². The van der Waals surface area contributed by atoms with Gasteiger partial charge in [0.05, 0.1) is 0 Å². The van der Waals surface area contributed by atoms with Crippen LogP contribution in [0, 0.1) is 17.8 Å². The zero-order valence-corrected chi connectivity index (χ0v) is 13.0. The van der Waals surface area contributed by atoms with Gasteiger partial charge in [0.25, 0.3) is 0 Å². The van der Waals surface area contributed by atoms with Crippen LogP contribution in [0.15, 0.2) is 24.3 Å². The Morgan fingerprint density at radius 2 is 1.62 bits per heavy atom. The first kappa shape index (κ1) is 16.2. The van der Waals surface area contributed by atoms with Gasteiger partial charge in [0.1, 0.15) is 5.75 Å². The van der Waals surface area contributed by atoms with Crippen LogP contribution >= 0.6 is 0 Å². The summed E-state index contributed by atoms with van der Waals surface area (Å²) in [6, 6.07) is 7.31. The van der Waals surface area contributed by atoms with Crippen LogP contribution < -0.4 is 10.1 Å². The molecule has 2 nitrogen and oxygen atoms in total. The van der Waals surface area contributed by atoms with Gasteiger partial charge in [-0.25, -0.2) is 0 Å². The second kappa shape index (κ2) is 7.21. The molecule has 1 aliphatic carbocycles. The van der Waals surface area contributed by atoms with E-state index in [1.807, 2.05) is 19.2 Å². The number of nitrogens with one attached hydrogen (secondary N) is 1. The fourth-order valence-corrected chi connectivity index (χ4v) is 3.81. The molecule has 1 aromatic carbocycles. The second-order valence-electron chi connectivity index (χ2n) is 6.39. The maximum Gasteiger partial charge on any atom is 0.387 e. The van der Waals surface area contributed by atoms with E-state index in [-0.39, 0.29) is 11.8 Å². The van der Waals surface area contributed by atoms with Crippen molar-refractivity contribution < 1.29 is 13.5 Å². The normalized spacial score (nSPS) is 27.6. The van der Waals surface area contributed by atoms with Crippen LogP contribution in [0.4, 0.5) is 8.78 Å². The monoisotopic (exact) mass is 297 g/mol. The lowest BCUT2D eigenvalue weighted by Crippen LogP contribution is -2.31. The molecule has 0 amide bonds. The van der Waals surface area contributed by atoms with Crippen molar-refractivity contribution in [2.45, 2.75) is 45.8 Å². The van der Waals surface area contributed by atoms with Crippen molar-refractivity contribution in [1.29, 1.82) is 0 Å². The molecule has 0 radical (unpaired) electrons. The molecule has 2 rings (SSSR count). The minimum absolute atomic E-state index is 0.217. The summed E-state index contributed by atoms with van der Waals surface area (Å²) in [6.45, 7) is 1.86. The predicted molar refractivity (Wildman–Crippen MR) is 80.5 cm³/mol. The van der Waals surface area contributed by atoms with Gasteiger partial charge in [-0.3, -0.25) is 0 Å². The summed E-state index contributed by atoms with van der Waals surface area (Å²) in [5.74, 6) is 2.30. The van der Waals surface area contributed by atoms with Crippen molar-refractivity contribution >= 4 is 0 Å². The summed E-state index contributed by atoms with van der Waals surface area (Å²) in [4.78, 5) is 0. The van der Waals surface area contributed by atoms with Gasteiger partial charge < -0.3 is 10.1 Å². The van der Waals surface area contributed by atoms with Gasteiger partial charge >= 0.3 is 6.61 Å². The molecule has 4 heteroatoms. The average molecular weight is 297 g/mol. The molecule has 0 aromatic heterocycles. The highest BCUT2D eigenvalue weighted by atomic mass is 19.3. The molecule has 21 heavy (non-hydrogen) atoms. The minimum Gasteiger partial charge on any atom is -0.435 e. The molecule has 0 aliphatic heterocycles. The lowest BCUT2D eigenvalue weighted by molar-refractivity contribution is -0.0498. The average Bonchev–Trinajstić information content (AvgIpc) is 2.40. The molecule has 1 fully saturated rings. The predicted octanol–water partition coefficient (Wildman–Crippen LogP) is 4.62.